The smallest absolute Gasteiger partial charge is 0.394 e. The average molecular weight is 533 g/mol. The van der Waals surface area contributed by atoms with Gasteiger partial charge in [0.05, 0.1) is 23.7 Å². The third-order valence-corrected chi connectivity index (χ3v) is 7.56. The molecule has 204 valence electrons. The minimum absolute atomic E-state index is 0.0841. The van der Waals surface area contributed by atoms with Gasteiger partial charge in [-0.15, -0.1) is 0 Å². The number of carbonyl (C=O) groups is 1. The van der Waals surface area contributed by atoms with Crippen LogP contribution >= 0.6 is 0 Å². The van der Waals surface area contributed by atoms with E-state index in [4.69, 9.17) is 5.73 Å². The molecule has 4 N–H and O–H groups in total. The number of aromatic nitrogens is 3. The first-order chi connectivity index (χ1) is 18.2. The molecular formula is C26H31F3N6O3. The highest BCUT2D eigenvalue weighted by atomic mass is 19.4. The topological polar surface area (TPSA) is 121 Å². The Hall–Kier alpha value is -3.22. The average Bonchev–Trinajstić information content (AvgIpc) is 3.64. The number of amides is 1. The first kappa shape index (κ1) is 26.4. The first-order valence-corrected chi connectivity index (χ1v) is 12.7. The number of aliphatic hydroxyl groups is 2. The van der Waals surface area contributed by atoms with Crippen molar-refractivity contribution in [3.63, 3.8) is 0 Å². The van der Waals surface area contributed by atoms with Gasteiger partial charge in [0.25, 0.3) is 0 Å². The fourth-order valence-corrected chi connectivity index (χ4v) is 5.26. The normalized spacial score (nSPS) is 21.5. The molecule has 0 spiro atoms. The molecule has 0 bridgehead atoms. The Bertz CT molecular complexity index is 1280. The number of anilines is 1. The van der Waals surface area contributed by atoms with Crippen molar-refractivity contribution < 1.29 is 28.2 Å². The summed E-state index contributed by atoms with van der Waals surface area (Å²) in [5, 5.41) is 21.1. The van der Waals surface area contributed by atoms with Crippen LogP contribution in [0.25, 0.3) is 11.0 Å². The van der Waals surface area contributed by atoms with Crippen molar-refractivity contribution in [2.75, 3.05) is 24.6 Å². The zero-order valence-corrected chi connectivity index (χ0v) is 20.8. The van der Waals surface area contributed by atoms with Gasteiger partial charge in [-0.05, 0) is 49.6 Å². The molecule has 1 aliphatic carbocycles. The van der Waals surface area contributed by atoms with E-state index in [1.54, 1.807) is 4.90 Å². The lowest BCUT2D eigenvalue weighted by Crippen LogP contribution is -2.54. The lowest BCUT2D eigenvalue weighted by molar-refractivity contribution is -0.137. The molecule has 3 atom stereocenters. The highest BCUT2D eigenvalue weighted by Gasteiger charge is 2.35. The largest absolute Gasteiger partial charge is 0.416 e. The van der Waals surface area contributed by atoms with Crippen LogP contribution in [-0.2, 0) is 24.1 Å². The molecule has 1 aromatic carbocycles. The summed E-state index contributed by atoms with van der Waals surface area (Å²) in [4.78, 5) is 24.5. The molecule has 1 aliphatic heterocycles. The van der Waals surface area contributed by atoms with Crippen molar-refractivity contribution in [2.24, 2.45) is 11.7 Å². The van der Waals surface area contributed by atoms with Crippen molar-refractivity contribution in [1.29, 1.82) is 0 Å². The van der Waals surface area contributed by atoms with E-state index in [1.165, 1.54) is 18.5 Å². The predicted octanol–water partition coefficient (Wildman–Crippen LogP) is 2.15. The minimum atomic E-state index is -4.37. The number of benzene rings is 1. The summed E-state index contributed by atoms with van der Waals surface area (Å²) < 4.78 is 40.9. The second kappa shape index (κ2) is 10.5. The Balaban J connectivity index is 1.33. The molecular weight excluding hydrogens is 501 g/mol. The van der Waals surface area contributed by atoms with Gasteiger partial charge in [0.15, 0.2) is 0 Å². The first-order valence-electron chi connectivity index (χ1n) is 12.7. The number of β-amino-alcohol motifs (C(OH)–C–C–N with tert-alkyl or cyclic N) is 1. The van der Waals surface area contributed by atoms with Crippen LogP contribution in [-0.4, -0.2) is 73.4 Å². The van der Waals surface area contributed by atoms with Gasteiger partial charge in [-0.2, -0.15) is 13.2 Å². The van der Waals surface area contributed by atoms with Crippen LogP contribution in [0.2, 0.25) is 0 Å². The number of rotatable bonds is 9. The summed E-state index contributed by atoms with van der Waals surface area (Å²) in [7, 11) is 0. The molecule has 1 amide bonds. The maximum Gasteiger partial charge on any atom is 0.416 e. The Morgan fingerprint density at radius 3 is 2.50 bits per heavy atom. The fraction of sp³-hybridized carbons (Fsp3) is 0.500. The second-order valence-electron chi connectivity index (χ2n) is 10.2. The quantitative estimate of drug-likeness (QED) is 0.386. The fourth-order valence-electron chi connectivity index (χ4n) is 5.26. The van der Waals surface area contributed by atoms with Crippen LogP contribution in [0.1, 0.15) is 30.4 Å². The van der Waals surface area contributed by atoms with E-state index < -0.39 is 36.4 Å². The number of nitrogens with two attached hydrogens (primary N) is 1. The number of primary amides is 1. The van der Waals surface area contributed by atoms with Crippen LogP contribution < -0.4 is 10.6 Å². The molecule has 0 radical (unpaired) electrons. The zero-order chi connectivity index (χ0) is 27.0. The van der Waals surface area contributed by atoms with E-state index in [2.05, 4.69) is 14.9 Å². The number of alkyl halides is 3. The summed E-state index contributed by atoms with van der Waals surface area (Å²) in [6, 6.07) is 6.61. The molecule has 9 nitrogen and oxygen atoms in total. The molecule has 2 aromatic heterocycles. The van der Waals surface area contributed by atoms with Crippen LogP contribution in [0, 0.1) is 5.92 Å². The Morgan fingerprint density at radius 1 is 1.16 bits per heavy atom. The number of hydrogen-bond donors (Lipinski definition) is 3. The second-order valence-corrected chi connectivity index (χ2v) is 10.2. The van der Waals surface area contributed by atoms with Crippen LogP contribution in [0.15, 0.2) is 42.9 Å². The highest BCUT2D eigenvalue weighted by Crippen LogP contribution is 2.36. The third-order valence-electron chi connectivity index (χ3n) is 7.56. The number of fused-ring (bicyclic) bond motifs is 1. The van der Waals surface area contributed by atoms with Crippen LogP contribution in [0.4, 0.5) is 19.0 Å². The van der Waals surface area contributed by atoms with E-state index in [0.717, 1.165) is 41.7 Å². The van der Waals surface area contributed by atoms with E-state index in [9.17, 15) is 28.2 Å². The summed E-state index contributed by atoms with van der Waals surface area (Å²) in [5.74, 6) is 0.0354. The molecule has 2 fully saturated rings. The Kier molecular flexibility index (Phi) is 7.30. The number of carbonyl (C=O) groups excluding carboxylic acids is 1. The van der Waals surface area contributed by atoms with Gasteiger partial charge >= 0.3 is 6.18 Å². The van der Waals surface area contributed by atoms with Crippen molar-refractivity contribution in [3.05, 3.63) is 54.0 Å². The number of hydrogen-bond acceptors (Lipinski definition) is 7. The van der Waals surface area contributed by atoms with Crippen molar-refractivity contribution in [3.8, 4) is 0 Å². The van der Waals surface area contributed by atoms with Crippen molar-refractivity contribution in [2.45, 2.75) is 56.7 Å². The van der Waals surface area contributed by atoms with Gasteiger partial charge in [-0.25, -0.2) is 9.97 Å². The number of halogens is 3. The number of aliphatic hydroxyl groups excluding tert-OH is 2. The molecule has 38 heavy (non-hydrogen) atoms. The maximum absolute atomic E-state index is 13.0. The summed E-state index contributed by atoms with van der Waals surface area (Å²) in [6.45, 7) is 1.32. The van der Waals surface area contributed by atoms with E-state index in [-0.39, 0.29) is 18.5 Å². The van der Waals surface area contributed by atoms with Gasteiger partial charge < -0.3 is 25.4 Å². The van der Waals surface area contributed by atoms with Gasteiger partial charge in [0.1, 0.15) is 23.8 Å². The number of likely N-dealkylation sites (tertiary alicyclic amines) is 1. The minimum Gasteiger partial charge on any atom is -0.394 e. The summed E-state index contributed by atoms with van der Waals surface area (Å²) in [5.41, 5.74) is 6.19. The molecule has 12 heteroatoms. The molecule has 1 saturated carbocycles. The van der Waals surface area contributed by atoms with E-state index in [1.807, 2.05) is 16.8 Å². The molecule has 1 saturated heterocycles. The molecule has 3 aromatic rings. The molecule has 5 rings (SSSR count). The van der Waals surface area contributed by atoms with Gasteiger partial charge in [0, 0.05) is 37.8 Å². The molecule has 3 heterocycles. The standard InChI is InChI=1S/C26H31F3N6O3/c27-26(28,29)18-3-1-16(2-4-18)11-35(19-5-6-19)25-20-8-10-34(24(20)31-15-32-25)12-17-7-9-33(13-22(17)37)21(14-36)23(30)38/h1-4,8,10,15,17,19,21-22,36-37H,5-7,9,11-14H2,(H2,30,38)/t17-,21-,22+/m1/s1. The Labute approximate surface area is 217 Å². The number of nitrogens with zero attached hydrogens (tertiary/aromatic N) is 5. The summed E-state index contributed by atoms with van der Waals surface area (Å²) in [6.07, 6.45) is 0.904. The third kappa shape index (κ3) is 5.47. The Morgan fingerprint density at radius 2 is 1.89 bits per heavy atom. The summed E-state index contributed by atoms with van der Waals surface area (Å²) >= 11 is 0. The lowest BCUT2D eigenvalue weighted by Gasteiger charge is -2.38. The van der Waals surface area contributed by atoms with Crippen LogP contribution in [0.5, 0.6) is 0 Å². The highest BCUT2D eigenvalue weighted by molar-refractivity contribution is 5.88. The van der Waals surface area contributed by atoms with Gasteiger partial charge in [0.2, 0.25) is 5.91 Å². The maximum atomic E-state index is 13.0. The predicted molar refractivity (Wildman–Crippen MR) is 134 cm³/mol. The number of piperidine rings is 1. The van der Waals surface area contributed by atoms with Crippen LogP contribution in [0.3, 0.4) is 0 Å². The van der Waals surface area contributed by atoms with Gasteiger partial charge in [-0.3, -0.25) is 9.69 Å². The van der Waals surface area contributed by atoms with Crippen molar-refractivity contribution in [1.82, 2.24) is 19.4 Å². The molecule has 0 unspecified atom stereocenters. The van der Waals surface area contributed by atoms with E-state index >= 15 is 0 Å². The SMILES string of the molecule is NC(=O)[C@@H](CO)N1CC[C@H](Cn2ccc3c(N(Cc4ccc(C(F)(F)F)cc4)C4CC4)ncnc32)[C@@H](O)C1. The van der Waals surface area contributed by atoms with Crippen molar-refractivity contribution >= 4 is 22.8 Å². The molecule has 2 aliphatic rings. The lowest BCUT2D eigenvalue weighted by atomic mass is 9.92. The zero-order valence-electron chi connectivity index (χ0n) is 20.8. The monoisotopic (exact) mass is 532 g/mol. The van der Waals surface area contributed by atoms with E-state index in [0.29, 0.717) is 31.7 Å². The van der Waals surface area contributed by atoms with Gasteiger partial charge in [-0.1, -0.05) is 12.1 Å².